The summed E-state index contributed by atoms with van der Waals surface area (Å²) in [6.45, 7) is 0. The van der Waals surface area contributed by atoms with Crippen LogP contribution in [-0.4, -0.2) is 11.1 Å². The third-order valence-electron chi connectivity index (χ3n) is 4.10. The fourth-order valence-electron chi connectivity index (χ4n) is 2.99. The highest BCUT2D eigenvalue weighted by Gasteiger charge is 2.41. The number of carboxylic acid groups (broad SMARTS) is 1. The number of hydrogen-bond acceptors (Lipinski definition) is 2. The van der Waals surface area contributed by atoms with Crippen LogP contribution in [0.4, 0.5) is 0 Å². The van der Waals surface area contributed by atoms with E-state index in [9.17, 15) is 9.90 Å². The van der Waals surface area contributed by atoms with Crippen LogP contribution in [0.2, 0.25) is 0 Å². The van der Waals surface area contributed by atoms with E-state index in [2.05, 4.69) is 6.07 Å². The summed E-state index contributed by atoms with van der Waals surface area (Å²) < 4.78 is 5.06. The molecule has 1 N–H and O–H groups in total. The first-order chi connectivity index (χ1) is 9.20. The van der Waals surface area contributed by atoms with Crippen LogP contribution in [0.15, 0.2) is 47.3 Å². The monoisotopic (exact) mass is 256 g/mol. The zero-order valence-electron chi connectivity index (χ0n) is 10.6. The van der Waals surface area contributed by atoms with Gasteiger partial charge in [-0.15, -0.1) is 0 Å². The first-order valence-electron chi connectivity index (χ1n) is 6.51. The maximum absolute atomic E-state index is 11.8. The van der Waals surface area contributed by atoms with Gasteiger partial charge in [-0.25, -0.2) is 0 Å². The number of rotatable bonds is 3. The number of benzene rings is 1. The summed E-state index contributed by atoms with van der Waals surface area (Å²) in [6, 6.07) is 9.99. The van der Waals surface area contributed by atoms with Crippen molar-refractivity contribution in [1.82, 2.24) is 0 Å². The molecule has 0 saturated heterocycles. The van der Waals surface area contributed by atoms with E-state index in [4.69, 9.17) is 4.42 Å². The van der Waals surface area contributed by atoms with Gasteiger partial charge in [0.15, 0.2) is 0 Å². The van der Waals surface area contributed by atoms with Crippen molar-refractivity contribution in [3.8, 4) is 0 Å². The third-order valence-corrected chi connectivity index (χ3v) is 4.10. The van der Waals surface area contributed by atoms with Gasteiger partial charge >= 0.3 is 5.97 Å². The van der Waals surface area contributed by atoms with Crippen LogP contribution >= 0.6 is 0 Å². The van der Waals surface area contributed by atoms with Crippen molar-refractivity contribution >= 4 is 5.97 Å². The van der Waals surface area contributed by atoms with E-state index in [0.717, 1.165) is 12.0 Å². The van der Waals surface area contributed by atoms with Gasteiger partial charge in [-0.3, -0.25) is 4.79 Å². The molecular weight excluding hydrogens is 240 g/mol. The second-order valence-electron chi connectivity index (χ2n) is 5.34. The zero-order valence-corrected chi connectivity index (χ0v) is 10.6. The molecule has 1 aliphatic rings. The summed E-state index contributed by atoms with van der Waals surface area (Å²) in [6.07, 6.45) is 5.90. The molecule has 0 saturated carbocycles. The lowest BCUT2D eigenvalue weighted by Gasteiger charge is -2.34. The number of hydrogen-bond donors (Lipinski definition) is 1. The first-order valence-corrected chi connectivity index (χ1v) is 6.51. The summed E-state index contributed by atoms with van der Waals surface area (Å²) in [5.74, 6) is -0.705. The van der Waals surface area contributed by atoms with E-state index in [0.29, 0.717) is 19.3 Å². The highest BCUT2D eigenvalue weighted by molar-refractivity contribution is 5.76. The van der Waals surface area contributed by atoms with Crippen molar-refractivity contribution in [3.63, 3.8) is 0 Å². The van der Waals surface area contributed by atoms with Gasteiger partial charge in [-0.2, -0.15) is 0 Å². The van der Waals surface area contributed by atoms with Crippen molar-refractivity contribution in [3.05, 3.63) is 59.5 Å². The minimum Gasteiger partial charge on any atom is -0.481 e. The molecule has 0 spiro atoms. The van der Waals surface area contributed by atoms with Crippen molar-refractivity contribution in [2.45, 2.75) is 25.7 Å². The average molecular weight is 256 g/mol. The van der Waals surface area contributed by atoms with Gasteiger partial charge < -0.3 is 9.52 Å². The van der Waals surface area contributed by atoms with Gasteiger partial charge in [0.1, 0.15) is 0 Å². The standard InChI is InChI=1S/C16H16O3/c17-15(18)16(9-12-6-8-19-11-12)7-5-13-3-1-2-4-14(13)10-16/h1-4,6,8,11H,5,7,9-10H2,(H,17,18). The van der Waals surface area contributed by atoms with Crippen molar-refractivity contribution in [2.24, 2.45) is 5.41 Å². The highest BCUT2D eigenvalue weighted by Crippen LogP contribution is 2.38. The number of aliphatic carboxylic acids is 1. The van der Waals surface area contributed by atoms with E-state index < -0.39 is 11.4 Å². The molecule has 98 valence electrons. The predicted molar refractivity (Wildman–Crippen MR) is 70.9 cm³/mol. The molecule has 1 heterocycles. The lowest BCUT2D eigenvalue weighted by molar-refractivity contribution is -0.149. The second-order valence-corrected chi connectivity index (χ2v) is 5.34. The number of carbonyl (C=O) groups is 1. The summed E-state index contributed by atoms with van der Waals surface area (Å²) in [5.41, 5.74) is 2.71. The minimum absolute atomic E-state index is 0.535. The van der Waals surface area contributed by atoms with Gasteiger partial charge in [-0.05, 0) is 48.4 Å². The molecule has 1 unspecified atom stereocenters. The molecule has 0 radical (unpaired) electrons. The lowest BCUT2D eigenvalue weighted by Crippen LogP contribution is -2.38. The van der Waals surface area contributed by atoms with Crippen LogP contribution in [0, 0.1) is 5.41 Å². The van der Waals surface area contributed by atoms with E-state index in [1.165, 1.54) is 11.1 Å². The highest BCUT2D eigenvalue weighted by atomic mass is 16.4. The third kappa shape index (κ3) is 2.16. The molecule has 0 aliphatic heterocycles. The summed E-state index contributed by atoms with van der Waals surface area (Å²) in [7, 11) is 0. The van der Waals surface area contributed by atoms with Crippen LogP contribution < -0.4 is 0 Å². The van der Waals surface area contributed by atoms with Crippen molar-refractivity contribution < 1.29 is 14.3 Å². The van der Waals surface area contributed by atoms with Crippen molar-refractivity contribution in [1.29, 1.82) is 0 Å². The Labute approximate surface area is 111 Å². The van der Waals surface area contributed by atoms with Gasteiger partial charge in [0.05, 0.1) is 17.9 Å². The Bertz CT molecular complexity index is 586. The van der Waals surface area contributed by atoms with Crippen LogP contribution in [0.5, 0.6) is 0 Å². The maximum atomic E-state index is 11.8. The number of furan rings is 1. The lowest BCUT2D eigenvalue weighted by atomic mass is 9.68. The molecule has 3 heteroatoms. The fourth-order valence-corrected chi connectivity index (χ4v) is 2.99. The fraction of sp³-hybridized carbons (Fsp3) is 0.312. The molecule has 1 atom stereocenters. The molecule has 3 nitrogen and oxygen atoms in total. The van der Waals surface area contributed by atoms with E-state index >= 15 is 0 Å². The molecule has 1 aliphatic carbocycles. The largest absolute Gasteiger partial charge is 0.481 e. The Balaban J connectivity index is 1.93. The Morgan fingerprint density at radius 1 is 1.26 bits per heavy atom. The molecule has 3 rings (SSSR count). The normalized spacial score (nSPS) is 21.9. The van der Waals surface area contributed by atoms with E-state index in [1.807, 2.05) is 24.3 Å². The first kappa shape index (κ1) is 12.0. The molecule has 2 aromatic rings. The van der Waals surface area contributed by atoms with E-state index in [-0.39, 0.29) is 0 Å². The molecule has 19 heavy (non-hydrogen) atoms. The molecular formula is C16H16O3. The van der Waals surface area contributed by atoms with Gasteiger partial charge in [0.2, 0.25) is 0 Å². The van der Waals surface area contributed by atoms with Gasteiger partial charge in [-0.1, -0.05) is 24.3 Å². The molecule has 0 fully saturated rings. The predicted octanol–water partition coefficient (Wildman–Crippen LogP) is 3.08. The SMILES string of the molecule is O=C(O)C1(Cc2ccoc2)CCc2ccccc2C1. The molecule has 0 bridgehead atoms. The van der Waals surface area contributed by atoms with E-state index in [1.54, 1.807) is 12.5 Å². The maximum Gasteiger partial charge on any atom is 0.310 e. The van der Waals surface area contributed by atoms with Gasteiger partial charge in [0.25, 0.3) is 0 Å². The number of aryl methyl sites for hydroxylation is 1. The Morgan fingerprint density at radius 3 is 2.74 bits per heavy atom. The van der Waals surface area contributed by atoms with Crippen LogP contribution in [0.3, 0.4) is 0 Å². The molecule has 1 aromatic carbocycles. The van der Waals surface area contributed by atoms with Crippen LogP contribution in [0.25, 0.3) is 0 Å². The minimum atomic E-state index is -0.705. The topological polar surface area (TPSA) is 50.4 Å². The number of fused-ring (bicyclic) bond motifs is 1. The molecule has 0 amide bonds. The Morgan fingerprint density at radius 2 is 2.05 bits per heavy atom. The van der Waals surface area contributed by atoms with Crippen LogP contribution in [-0.2, 0) is 24.1 Å². The molecule has 1 aromatic heterocycles. The smallest absolute Gasteiger partial charge is 0.310 e. The summed E-state index contributed by atoms with van der Waals surface area (Å²) >= 11 is 0. The Hall–Kier alpha value is -2.03. The zero-order chi connectivity index (χ0) is 13.3. The van der Waals surface area contributed by atoms with Gasteiger partial charge in [0, 0.05) is 0 Å². The van der Waals surface area contributed by atoms with Crippen molar-refractivity contribution in [2.75, 3.05) is 0 Å². The summed E-state index contributed by atoms with van der Waals surface area (Å²) in [4.78, 5) is 11.8. The summed E-state index contributed by atoms with van der Waals surface area (Å²) in [5, 5.41) is 9.68. The number of carboxylic acids is 1. The quantitative estimate of drug-likeness (QED) is 0.918. The second kappa shape index (κ2) is 4.57. The van der Waals surface area contributed by atoms with Crippen LogP contribution in [0.1, 0.15) is 23.1 Å². The Kier molecular flexibility index (Phi) is 2.90. The average Bonchev–Trinajstić information content (AvgIpc) is 2.91.